The molecule has 224 valence electrons. The van der Waals surface area contributed by atoms with Crippen molar-refractivity contribution in [2.45, 2.75) is 58.4 Å². The molecule has 4 heterocycles. The number of aryl methyl sites for hydroxylation is 1. The number of nitrogens with one attached hydrogen (secondary N) is 2. The van der Waals surface area contributed by atoms with Crippen LogP contribution >= 0.6 is 0 Å². The lowest BCUT2D eigenvalue weighted by Crippen LogP contribution is -2.57. The number of halogens is 1. The number of β-amino-alcohol motifs (C(OH)–C–C–N with tert-alkyl or cyclic N) is 1. The van der Waals surface area contributed by atoms with Gasteiger partial charge in [-0.1, -0.05) is 6.92 Å². The maximum atomic E-state index is 14.8. The number of benzene rings is 1. The first-order valence-corrected chi connectivity index (χ1v) is 14.3. The number of aliphatic hydroxyl groups excluding tert-OH is 1. The average Bonchev–Trinajstić information content (AvgIpc) is 3.37. The fourth-order valence-electron chi connectivity index (χ4n) is 5.17. The van der Waals surface area contributed by atoms with Crippen molar-refractivity contribution in [3.8, 4) is 5.75 Å². The van der Waals surface area contributed by atoms with Crippen LogP contribution in [0.2, 0.25) is 0 Å². The molecular weight excluding hydrogens is 543 g/mol. The largest absolute Gasteiger partial charge is 0.482 e. The van der Waals surface area contributed by atoms with E-state index in [0.717, 1.165) is 17.5 Å². The van der Waals surface area contributed by atoms with Crippen LogP contribution in [0.25, 0.3) is 0 Å². The molecule has 0 unspecified atom stereocenters. The highest BCUT2D eigenvalue weighted by Crippen LogP contribution is 2.28. The van der Waals surface area contributed by atoms with Gasteiger partial charge in [-0.05, 0) is 55.2 Å². The lowest BCUT2D eigenvalue weighted by atomic mass is 9.99. The van der Waals surface area contributed by atoms with Crippen LogP contribution in [0.5, 0.6) is 5.75 Å². The number of ether oxygens (including phenoxy) is 1. The summed E-state index contributed by atoms with van der Waals surface area (Å²) >= 11 is 0. The van der Waals surface area contributed by atoms with Gasteiger partial charge in [0.1, 0.15) is 12.4 Å². The van der Waals surface area contributed by atoms with E-state index in [1.54, 1.807) is 31.3 Å². The maximum absolute atomic E-state index is 14.8. The van der Waals surface area contributed by atoms with Gasteiger partial charge in [-0.25, -0.2) is 14.4 Å². The number of amides is 2. The molecule has 42 heavy (non-hydrogen) atoms. The Bertz CT molecular complexity index is 1410. The highest BCUT2D eigenvalue weighted by molar-refractivity contribution is 5.94. The monoisotopic (exact) mass is 580 g/mol. The molecule has 2 amide bonds. The Morgan fingerprint density at radius 2 is 2.07 bits per heavy atom. The summed E-state index contributed by atoms with van der Waals surface area (Å²) in [5.41, 5.74) is 2.99. The molecule has 12 heteroatoms. The molecule has 11 nitrogen and oxygen atoms in total. The van der Waals surface area contributed by atoms with Gasteiger partial charge in [0.15, 0.2) is 23.7 Å². The molecular formula is C30H37FN6O5. The van der Waals surface area contributed by atoms with E-state index in [1.807, 2.05) is 16.7 Å². The fraction of sp³-hybridized carbons (Fsp3) is 0.467. The lowest BCUT2D eigenvalue weighted by molar-refractivity contribution is -0.135. The zero-order valence-corrected chi connectivity index (χ0v) is 23.9. The van der Waals surface area contributed by atoms with Gasteiger partial charge in [0, 0.05) is 57.4 Å². The van der Waals surface area contributed by atoms with Crippen LogP contribution in [0, 0.1) is 12.7 Å². The van der Waals surface area contributed by atoms with E-state index < -0.39 is 11.9 Å². The Balaban J connectivity index is 1.06. The number of aromatic nitrogens is 2. The Kier molecular flexibility index (Phi) is 9.33. The van der Waals surface area contributed by atoms with Gasteiger partial charge < -0.3 is 29.8 Å². The normalized spacial score (nSPS) is 16.0. The number of pyridine rings is 1. The number of likely N-dealkylation sites (tertiary alicyclic amines) is 1. The zero-order chi connectivity index (χ0) is 29.6. The molecule has 0 bridgehead atoms. The van der Waals surface area contributed by atoms with Crippen molar-refractivity contribution in [3.05, 3.63) is 70.8 Å². The van der Waals surface area contributed by atoms with Crippen LogP contribution in [-0.2, 0) is 24.4 Å². The number of fused-ring (bicyclic) bond motifs is 1. The summed E-state index contributed by atoms with van der Waals surface area (Å²) in [5, 5.41) is 16.7. The predicted octanol–water partition coefficient (Wildman–Crippen LogP) is 2.67. The second kappa shape index (κ2) is 13.3. The summed E-state index contributed by atoms with van der Waals surface area (Å²) in [6.07, 6.45) is 4.16. The standard InChI is InChI=1S/C30H37FN6O5/c1-3-4-29(39)37-14-23(15-37)35-28-11-21(5-7-32-28)30(40)33-12-24(38)16-36-8-6-20-10-26(25(31)9-22(20)13-36)41-17-27-19(2)34-18-42-27/h5,7,9-11,18,23-24,38H,3-4,6,8,12-17H2,1-2H3,(H,32,35)(H,33,40)/t24-/m0/s1. The van der Waals surface area contributed by atoms with Gasteiger partial charge in [0.05, 0.1) is 17.8 Å². The minimum Gasteiger partial charge on any atom is -0.482 e. The maximum Gasteiger partial charge on any atom is 0.251 e. The Morgan fingerprint density at radius 3 is 2.83 bits per heavy atom. The number of carbonyl (C=O) groups excluding carboxylic acids is 2. The van der Waals surface area contributed by atoms with Crippen LogP contribution in [0.1, 0.15) is 52.7 Å². The molecule has 2 aliphatic heterocycles. The summed E-state index contributed by atoms with van der Waals surface area (Å²) < 4.78 is 25.7. The summed E-state index contributed by atoms with van der Waals surface area (Å²) in [6.45, 7) is 6.71. The molecule has 3 aromatic rings. The number of rotatable bonds is 12. The number of anilines is 1. The number of aliphatic hydroxyl groups is 1. The molecule has 1 aromatic carbocycles. The van der Waals surface area contributed by atoms with Crippen molar-refractivity contribution in [3.63, 3.8) is 0 Å². The number of hydrogen-bond donors (Lipinski definition) is 3. The zero-order valence-electron chi connectivity index (χ0n) is 23.9. The Hall–Kier alpha value is -4.03. The summed E-state index contributed by atoms with van der Waals surface area (Å²) in [4.78, 5) is 36.8. The van der Waals surface area contributed by atoms with E-state index in [0.29, 0.717) is 68.4 Å². The van der Waals surface area contributed by atoms with Gasteiger partial charge in [0.2, 0.25) is 5.91 Å². The van der Waals surface area contributed by atoms with E-state index >= 15 is 0 Å². The second-order valence-electron chi connectivity index (χ2n) is 10.9. The Labute approximate surface area is 244 Å². The number of carbonyl (C=O) groups is 2. The molecule has 2 aromatic heterocycles. The first-order chi connectivity index (χ1) is 20.3. The van der Waals surface area contributed by atoms with Crippen molar-refractivity contribution >= 4 is 17.6 Å². The van der Waals surface area contributed by atoms with Crippen LogP contribution < -0.4 is 15.4 Å². The van der Waals surface area contributed by atoms with Crippen LogP contribution in [0.15, 0.2) is 41.3 Å². The van der Waals surface area contributed by atoms with Crippen molar-refractivity contribution < 1.29 is 28.2 Å². The number of hydrogen-bond acceptors (Lipinski definition) is 9. The third-order valence-electron chi connectivity index (χ3n) is 7.59. The van der Waals surface area contributed by atoms with Gasteiger partial charge >= 0.3 is 0 Å². The summed E-state index contributed by atoms with van der Waals surface area (Å²) in [6, 6.07) is 6.60. The molecule has 0 radical (unpaired) electrons. The minimum atomic E-state index is -0.797. The van der Waals surface area contributed by atoms with Crippen LogP contribution in [0.3, 0.4) is 0 Å². The van der Waals surface area contributed by atoms with Crippen LogP contribution in [-0.4, -0.2) is 81.6 Å². The van der Waals surface area contributed by atoms with E-state index in [-0.39, 0.29) is 36.8 Å². The lowest BCUT2D eigenvalue weighted by Gasteiger charge is -2.39. The Morgan fingerprint density at radius 1 is 1.24 bits per heavy atom. The first-order valence-electron chi connectivity index (χ1n) is 14.3. The second-order valence-corrected chi connectivity index (χ2v) is 10.9. The van der Waals surface area contributed by atoms with E-state index in [1.165, 1.54) is 12.5 Å². The molecule has 0 saturated carbocycles. The quantitative estimate of drug-likeness (QED) is 0.296. The molecule has 1 saturated heterocycles. The van der Waals surface area contributed by atoms with Crippen molar-refractivity contribution in [1.82, 2.24) is 25.1 Å². The average molecular weight is 581 g/mol. The summed E-state index contributed by atoms with van der Waals surface area (Å²) in [5.74, 6) is 0.689. The third-order valence-corrected chi connectivity index (χ3v) is 7.59. The van der Waals surface area contributed by atoms with Crippen LogP contribution in [0.4, 0.5) is 10.2 Å². The van der Waals surface area contributed by atoms with Crippen molar-refractivity contribution in [1.29, 1.82) is 0 Å². The summed E-state index contributed by atoms with van der Waals surface area (Å²) in [7, 11) is 0. The topological polar surface area (TPSA) is 133 Å². The molecule has 1 fully saturated rings. The van der Waals surface area contributed by atoms with E-state index in [2.05, 4.69) is 20.6 Å². The molecule has 1 atom stereocenters. The van der Waals surface area contributed by atoms with Crippen molar-refractivity contribution in [2.24, 2.45) is 0 Å². The highest BCUT2D eigenvalue weighted by atomic mass is 19.1. The third kappa shape index (κ3) is 7.24. The van der Waals surface area contributed by atoms with E-state index in [9.17, 15) is 19.1 Å². The molecule has 0 spiro atoms. The SMILES string of the molecule is CCCC(=O)N1CC(Nc2cc(C(=O)NC[C@H](O)CN3CCc4cc(OCc5ocnc5C)c(F)cc4C3)ccn2)C1. The van der Waals surface area contributed by atoms with Gasteiger partial charge in [-0.15, -0.1) is 0 Å². The molecule has 0 aliphatic carbocycles. The number of nitrogens with zero attached hydrogens (tertiary/aromatic N) is 4. The first kappa shape index (κ1) is 29.5. The highest BCUT2D eigenvalue weighted by Gasteiger charge is 2.30. The van der Waals surface area contributed by atoms with Crippen molar-refractivity contribution in [2.75, 3.05) is 38.0 Å². The fourth-order valence-corrected chi connectivity index (χ4v) is 5.17. The van der Waals surface area contributed by atoms with E-state index in [4.69, 9.17) is 9.15 Å². The smallest absolute Gasteiger partial charge is 0.251 e. The molecule has 2 aliphatic rings. The van der Waals surface area contributed by atoms with Gasteiger partial charge in [0.25, 0.3) is 5.91 Å². The molecule has 5 rings (SSSR count). The minimum absolute atomic E-state index is 0.0760. The van der Waals surface area contributed by atoms with Gasteiger partial charge in [-0.3, -0.25) is 14.5 Å². The van der Waals surface area contributed by atoms with Gasteiger partial charge in [-0.2, -0.15) is 0 Å². The predicted molar refractivity (Wildman–Crippen MR) is 152 cm³/mol. The molecule has 3 N–H and O–H groups in total. The number of oxazole rings is 1.